The molecule has 1 aromatic heterocycles. The number of nitrogens with one attached hydrogen (secondary N) is 1. The number of hydrogen-bond donors (Lipinski definition) is 1. The number of fused-ring (bicyclic) bond motifs is 2. The molecule has 0 bridgehead atoms. The number of benzene rings is 4. The van der Waals surface area contributed by atoms with Crippen LogP contribution >= 0.6 is 0 Å². The molecule has 1 N–H and O–H groups in total. The third-order valence-corrected chi connectivity index (χ3v) is 6.22. The summed E-state index contributed by atoms with van der Waals surface area (Å²) in [6, 6.07) is 23.9. The lowest BCUT2D eigenvalue weighted by Crippen LogP contribution is -2.30. The zero-order valence-electron chi connectivity index (χ0n) is 21.6. The molecule has 8 heteroatoms. The SMILES string of the molecule is COc1ccc(CCNC(=O)COc2ccc3c(=O)c(Oc4ccc5ccccc5c4)coc3c2)cc1OC. The van der Waals surface area contributed by atoms with Crippen molar-refractivity contribution in [3.63, 3.8) is 0 Å². The van der Waals surface area contributed by atoms with Crippen molar-refractivity contribution in [1.82, 2.24) is 5.32 Å². The molecular formula is C31H27NO7. The molecule has 0 saturated heterocycles. The van der Waals surface area contributed by atoms with Crippen LogP contribution < -0.4 is 29.7 Å². The average molecular weight is 526 g/mol. The first-order chi connectivity index (χ1) is 19.0. The van der Waals surface area contributed by atoms with Crippen LogP contribution in [0, 0.1) is 0 Å². The van der Waals surface area contributed by atoms with Crippen LogP contribution in [0.4, 0.5) is 0 Å². The van der Waals surface area contributed by atoms with Crippen molar-refractivity contribution in [1.29, 1.82) is 0 Å². The Morgan fingerprint density at radius 2 is 1.62 bits per heavy atom. The highest BCUT2D eigenvalue weighted by Crippen LogP contribution is 2.28. The molecule has 5 aromatic rings. The molecule has 0 fully saturated rings. The molecule has 5 rings (SSSR count). The Hall–Kier alpha value is -4.98. The van der Waals surface area contributed by atoms with Gasteiger partial charge in [0.15, 0.2) is 18.1 Å². The van der Waals surface area contributed by atoms with E-state index in [2.05, 4.69) is 5.32 Å². The van der Waals surface area contributed by atoms with Gasteiger partial charge in [0.05, 0.1) is 19.6 Å². The van der Waals surface area contributed by atoms with E-state index in [1.54, 1.807) is 32.4 Å². The van der Waals surface area contributed by atoms with Crippen LogP contribution in [-0.4, -0.2) is 33.3 Å². The lowest BCUT2D eigenvalue weighted by atomic mass is 10.1. The molecule has 0 aliphatic carbocycles. The van der Waals surface area contributed by atoms with Crippen LogP contribution in [0.3, 0.4) is 0 Å². The van der Waals surface area contributed by atoms with Gasteiger partial charge in [-0.05, 0) is 59.2 Å². The van der Waals surface area contributed by atoms with Gasteiger partial charge in [-0.15, -0.1) is 0 Å². The van der Waals surface area contributed by atoms with Crippen LogP contribution in [-0.2, 0) is 11.2 Å². The van der Waals surface area contributed by atoms with Crippen molar-refractivity contribution in [2.24, 2.45) is 0 Å². The molecule has 0 spiro atoms. The fourth-order valence-corrected chi connectivity index (χ4v) is 4.19. The van der Waals surface area contributed by atoms with Gasteiger partial charge in [-0.2, -0.15) is 0 Å². The van der Waals surface area contributed by atoms with E-state index in [9.17, 15) is 9.59 Å². The van der Waals surface area contributed by atoms with Crippen LogP contribution in [0.1, 0.15) is 5.56 Å². The molecule has 0 unspecified atom stereocenters. The Balaban J connectivity index is 1.17. The number of carbonyl (C=O) groups is 1. The second-order valence-corrected chi connectivity index (χ2v) is 8.78. The summed E-state index contributed by atoms with van der Waals surface area (Å²) in [6.07, 6.45) is 1.90. The van der Waals surface area contributed by atoms with Gasteiger partial charge in [0, 0.05) is 12.6 Å². The average Bonchev–Trinajstić information content (AvgIpc) is 2.97. The van der Waals surface area contributed by atoms with Crippen molar-refractivity contribution in [3.05, 3.63) is 101 Å². The third kappa shape index (κ3) is 5.96. The normalized spacial score (nSPS) is 10.8. The monoisotopic (exact) mass is 525 g/mol. The van der Waals surface area contributed by atoms with Gasteiger partial charge in [-0.3, -0.25) is 9.59 Å². The van der Waals surface area contributed by atoms with E-state index in [1.165, 1.54) is 6.26 Å². The van der Waals surface area contributed by atoms with Gasteiger partial charge in [-0.25, -0.2) is 0 Å². The van der Waals surface area contributed by atoms with Crippen molar-refractivity contribution in [3.8, 4) is 28.7 Å². The van der Waals surface area contributed by atoms with Gasteiger partial charge >= 0.3 is 0 Å². The highest BCUT2D eigenvalue weighted by molar-refractivity contribution is 5.84. The van der Waals surface area contributed by atoms with Crippen LogP contribution in [0.25, 0.3) is 21.7 Å². The fraction of sp³-hybridized carbons (Fsp3) is 0.161. The summed E-state index contributed by atoms with van der Waals surface area (Å²) < 4.78 is 27.6. The van der Waals surface area contributed by atoms with Gasteiger partial charge in [-0.1, -0.05) is 36.4 Å². The van der Waals surface area contributed by atoms with E-state index in [-0.39, 0.29) is 23.7 Å². The number of amides is 1. The molecule has 0 saturated carbocycles. The Labute approximate surface area is 224 Å². The number of hydrogen-bond acceptors (Lipinski definition) is 7. The number of ether oxygens (including phenoxy) is 4. The van der Waals surface area contributed by atoms with Crippen LogP contribution in [0.2, 0.25) is 0 Å². The first-order valence-corrected chi connectivity index (χ1v) is 12.4. The van der Waals surface area contributed by atoms with Crippen LogP contribution in [0.5, 0.6) is 28.7 Å². The maximum atomic E-state index is 13.0. The molecule has 1 amide bonds. The molecule has 0 aliphatic rings. The van der Waals surface area contributed by atoms with E-state index in [1.807, 2.05) is 60.7 Å². The lowest BCUT2D eigenvalue weighted by molar-refractivity contribution is -0.123. The standard InChI is InChI=1S/C31H27NO7/c1-35-26-12-7-20(15-28(26)36-2)13-14-32-30(33)19-37-23-10-11-25-27(17-23)38-18-29(31(25)34)39-24-9-8-21-5-3-4-6-22(21)16-24/h3-12,15-18H,13-14,19H2,1-2H3,(H,32,33). The maximum Gasteiger partial charge on any atom is 0.257 e. The van der Waals surface area contributed by atoms with Gasteiger partial charge < -0.3 is 28.7 Å². The summed E-state index contributed by atoms with van der Waals surface area (Å²) in [6.45, 7) is 0.259. The molecule has 39 heavy (non-hydrogen) atoms. The second kappa shape index (κ2) is 11.6. The van der Waals surface area contributed by atoms with E-state index in [4.69, 9.17) is 23.4 Å². The molecular weight excluding hydrogens is 498 g/mol. The summed E-state index contributed by atoms with van der Waals surface area (Å²) >= 11 is 0. The number of carbonyl (C=O) groups excluding carboxylic acids is 1. The predicted octanol–water partition coefficient (Wildman–Crippen LogP) is 5.49. The third-order valence-electron chi connectivity index (χ3n) is 6.22. The minimum Gasteiger partial charge on any atom is -0.493 e. The second-order valence-electron chi connectivity index (χ2n) is 8.78. The zero-order valence-corrected chi connectivity index (χ0v) is 21.6. The number of rotatable bonds is 10. The summed E-state index contributed by atoms with van der Waals surface area (Å²) in [5.41, 5.74) is 1.03. The quantitative estimate of drug-likeness (QED) is 0.257. The summed E-state index contributed by atoms with van der Waals surface area (Å²) in [5, 5.41) is 5.26. The first kappa shape index (κ1) is 25.7. The first-order valence-electron chi connectivity index (χ1n) is 12.4. The lowest BCUT2D eigenvalue weighted by Gasteiger charge is -2.11. The highest BCUT2D eigenvalue weighted by Gasteiger charge is 2.12. The minimum absolute atomic E-state index is 0.0836. The van der Waals surface area contributed by atoms with E-state index in [0.717, 1.165) is 16.3 Å². The molecule has 8 nitrogen and oxygen atoms in total. The van der Waals surface area contributed by atoms with Gasteiger partial charge in [0.1, 0.15) is 23.3 Å². The van der Waals surface area contributed by atoms with Gasteiger partial charge in [0.2, 0.25) is 11.2 Å². The van der Waals surface area contributed by atoms with Crippen molar-refractivity contribution in [2.45, 2.75) is 6.42 Å². The smallest absolute Gasteiger partial charge is 0.257 e. The molecule has 198 valence electrons. The zero-order chi connectivity index (χ0) is 27.2. The minimum atomic E-state index is -0.302. The summed E-state index contributed by atoms with van der Waals surface area (Å²) in [5.74, 6) is 2.05. The topological polar surface area (TPSA) is 96.2 Å². The highest BCUT2D eigenvalue weighted by atomic mass is 16.5. The molecule has 1 heterocycles. The van der Waals surface area contributed by atoms with Gasteiger partial charge in [0.25, 0.3) is 5.91 Å². The maximum absolute atomic E-state index is 13.0. The molecule has 0 aliphatic heterocycles. The van der Waals surface area contributed by atoms with Crippen molar-refractivity contribution in [2.75, 3.05) is 27.4 Å². The van der Waals surface area contributed by atoms with Crippen molar-refractivity contribution < 1.29 is 28.2 Å². The van der Waals surface area contributed by atoms with E-state index in [0.29, 0.717) is 46.9 Å². The largest absolute Gasteiger partial charge is 0.493 e. The molecule has 4 aromatic carbocycles. The fourth-order valence-electron chi connectivity index (χ4n) is 4.19. The Morgan fingerprint density at radius 3 is 2.44 bits per heavy atom. The van der Waals surface area contributed by atoms with E-state index < -0.39 is 0 Å². The summed E-state index contributed by atoms with van der Waals surface area (Å²) in [7, 11) is 3.16. The Kier molecular flexibility index (Phi) is 7.63. The predicted molar refractivity (Wildman–Crippen MR) is 148 cm³/mol. The molecule has 0 atom stereocenters. The Bertz CT molecular complexity index is 1690. The molecule has 0 radical (unpaired) electrons. The van der Waals surface area contributed by atoms with Crippen molar-refractivity contribution >= 4 is 27.6 Å². The van der Waals surface area contributed by atoms with E-state index >= 15 is 0 Å². The number of methoxy groups -OCH3 is 2. The van der Waals surface area contributed by atoms with Crippen LogP contribution in [0.15, 0.2) is 94.3 Å². The summed E-state index contributed by atoms with van der Waals surface area (Å²) in [4.78, 5) is 25.3. The Morgan fingerprint density at radius 1 is 0.821 bits per heavy atom.